The molecule has 0 bridgehead atoms. The van der Waals surface area contributed by atoms with Gasteiger partial charge in [-0.2, -0.15) is 0 Å². The molecule has 3 N–H and O–H groups in total. The second-order valence-corrected chi connectivity index (χ2v) is 5.85. The van der Waals surface area contributed by atoms with E-state index in [1.54, 1.807) is 0 Å². The predicted molar refractivity (Wildman–Crippen MR) is 96.1 cm³/mol. The van der Waals surface area contributed by atoms with Crippen LogP contribution in [0, 0.1) is 6.92 Å². The van der Waals surface area contributed by atoms with E-state index in [0.29, 0.717) is 12.5 Å². The number of hydrogen-bond acceptors (Lipinski definition) is 2. The number of benzene rings is 1. The Morgan fingerprint density at radius 1 is 1.40 bits per heavy atom. The highest BCUT2D eigenvalue weighted by molar-refractivity contribution is 14.0. The monoisotopic (exact) mass is 391 g/mol. The van der Waals surface area contributed by atoms with Gasteiger partial charge in [-0.3, -0.25) is 0 Å². The van der Waals surface area contributed by atoms with Gasteiger partial charge in [-0.25, -0.2) is 4.99 Å². The highest BCUT2D eigenvalue weighted by Gasteiger charge is 2.10. The number of guanidine groups is 1. The van der Waals surface area contributed by atoms with Gasteiger partial charge in [0, 0.05) is 5.54 Å². The minimum Gasteiger partial charge on any atom is -0.489 e. The summed E-state index contributed by atoms with van der Waals surface area (Å²) in [5, 5.41) is 3.12. The van der Waals surface area contributed by atoms with E-state index in [9.17, 15) is 0 Å². The van der Waals surface area contributed by atoms with Crippen molar-refractivity contribution in [1.82, 2.24) is 5.32 Å². The van der Waals surface area contributed by atoms with Crippen molar-refractivity contribution in [1.29, 1.82) is 0 Å². The van der Waals surface area contributed by atoms with Crippen molar-refractivity contribution in [2.75, 3.05) is 6.54 Å². The first-order valence-corrected chi connectivity index (χ1v) is 6.58. The molecule has 1 aromatic carbocycles. The van der Waals surface area contributed by atoms with Gasteiger partial charge in [-0.1, -0.05) is 12.1 Å². The summed E-state index contributed by atoms with van der Waals surface area (Å²) in [5.41, 5.74) is 6.92. The first-order chi connectivity index (χ1) is 8.76. The number of nitrogens with zero attached hydrogens (tertiary/aromatic N) is 1. The molecule has 0 spiro atoms. The van der Waals surface area contributed by atoms with E-state index in [2.05, 4.69) is 10.3 Å². The van der Waals surface area contributed by atoms with Crippen molar-refractivity contribution >= 4 is 29.9 Å². The molecule has 0 aliphatic heterocycles. The van der Waals surface area contributed by atoms with Crippen LogP contribution < -0.4 is 15.8 Å². The Morgan fingerprint density at radius 2 is 2.05 bits per heavy atom. The predicted octanol–water partition coefficient (Wildman–Crippen LogP) is 3.08. The van der Waals surface area contributed by atoms with Crippen molar-refractivity contribution < 1.29 is 4.74 Å². The van der Waals surface area contributed by atoms with Gasteiger partial charge in [0.15, 0.2) is 5.96 Å². The van der Waals surface area contributed by atoms with Crippen molar-refractivity contribution in [3.63, 3.8) is 0 Å². The topological polar surface area (TPSA) is 59.6 Å². The summed E-state index contributed by atoms with van der Waals surface area (Å²) in [4.78, 5) is 4.29. The van der Waals surface area contributed by atoms with Gasteiger partial charge in [0.2, 0.25) is 0 Å². The third kappa shape index (κ3) is 8.24. The van der Waals surface area contributed by atoms with Gasteiger partial charge in [-0.15, -0.1) is 24.0 Å². The zero-order valence-electron chi connectivity index (χ0n) is 12.9. The first kappa shape index (κ1) is 19.0. The minimum absolute atomic E-state index is 0. The number of nitrogens with one attached hydrogen (secondary N) is 1. The SMILES string of the molecule is Cc1cccc(OC(C)CN=C(N)NC(C)(C)C)c1.I. The number of ether oxygens (including phenoxy) is 1. The molecular formula is C15H26IN3O. The number of aliphatic imine (C=N–C) groups is 1. The van der Waals surface area contributed by atoms with E-state index >= 15 is 0 Å². The van der Waals surface area contributed by atoms with Crippen LogP contribution in [0.15, 0.2) is 29.3 Å². The van der Waals surface area contributed by atoms with Gasteiger partial charge in [0.1, 0.15) is 11.9 Å². The summed E-state index contributed by atoms with van der Waals surface area (Å²) < 4.78 is 5.79. The van der Waals surface area contributed by atoms with E-state index in [-0.39, 0.29) is 35.6 Å². The molecule has 0 heterocycles. The Bertz CT molecular complexity index is 441. The molecule has 0 fully saturated rings. The molecule has 0 aliphatic rings. The molecule has 0 amide bonds. The molecule has 4 nitrogen and oxygen atoms in total. The maximum atomic E-state index is 5.81. The summed E-state index contributed by atoms with van der Waals surface area (Å²) in [6.07, 6.45) is -0.0119. The molecule has 0 saturated heterocycles. The van der Waals surface area contributed by atoms with E-state index in [4.69, 9.17) is 10.5 Å². The summed E-state index contributed by atoms with van der Waals surface area (Å²) >= 11 is 0. The van der Waals surface area contributed by atoms with Crippen LogP contribution in [0.3, 0.4) is 0 Å². The smallest absolute Gasteiger partial charge is 0.189 e. The Morgan fingerprint density at radius 3 is 2.60 bits per heavy atom. The summed E-state index contributed by atoms with van der Waals surface area (Å²) in [6, 6.07) is 7.98. The molecule has 0 radical (unpaired) electrons. The highest BCUT2D eigenvalue weighted by atomic mass is 127. The molecular weight excluding hydrogens is 365 g/mol. The minimum atomic E-state index is -0.0752. The van der Waals surface area contributed by atoms with Crippen LogP contribution >= 0.6 is 24.0 Å². The zero-order valence-corrected chi connectivity index (χ0v) is 15.3. The van der Waals surface area contributed by atoms with Gasteiger partial charge < -0.3 is 15.8 Å². The standard InChI is InChI=1S/C15H25N3O.HI/c1-11-7-6-8-13(9-11)19-12(2)10-17-14(16)18-15(3,4)5;/h6-9,12H,10H2,1-5H3,(H3,16,17,18);1H. The lowest BCUT2D eigenvalue weighted by Crippen LogP contribution is -2.45. The average Bonchev–Trinajstić information content (AvgIpc) is 2.24. The number of hydrogen-bond donors (Lipinski definition) is 2. The lowest BCUT2D eigenvalue weighted by atomic mass is 10.1. The van der Waals surface area contributed by atoms with E-state index < -0.39 is 0 Å². The molecule has 20 heavy (non-hydrogen) atoms. The molecule has 1 unspecified atom stereocenters. The lowest BCUT2D eigenvalue weighted by Gasteiger charge is -2.21. The third-order valence-corrected chi connectivity index (χ3v) is 2.35. The Labute approximate surface area is 139 Å². The van der Waals surface area contributed by atoms with Crippen molar-refractivity contribution in [3.8, 4) is 5.75 Å². The lowest BCUT2D eigenvalue weighted by molar-refractivity contribution is 0.230. The molecule has 0 aliphatic carbocycles. The Kier molecular flexibility index (Phi) is 7.93. The van der Waals surface area contributed by atoms with E-state index in [1.807, 2.05) is 58.9 Å². The Hall–Kier alpha value is -0.980. The van der Waals surface area contributed by atoms with Crippen LogP contribution in [0.2, 0.25) is 0 Å². The van der Waals surface area contributed by atoms with Gasteiger partial charge in [-0.05, 0) is 52.3 Å². The maximum absolute atomic E-state index is 5.81. The molecule has 1 rings (SSSR count). The quantitative estimate of drug-likeness (QED) is 0.471. The van der Waals surface area contributed by atoms with Crippen LogP contribution in [-0.4, -0.2) is 24.1 Å². The molecule has 114 valence electrons. The zero-order chi connectivity index (χ0) is 14.5. The molecule has 5 heteroatoms. The number of halogens is 1. The van der Waals surface area contributed by atoms with Crippen molar-refractivity contribution in [3.05, 3.63) is 29.8 Å². The van der Waals surface area contributed by atoms with Gasteiger partial charge >= 0.3 is 0 Å². The highest BCUT2D eigenvalue weighted by Crippen LogP contribution is 2.14. The number of rotatable bonds is 4. The number of aryl methyl sites for hydroxylation is 1. The summed E-state index contributed by atoms with van der Waals surface area (Å²) in [7, 11) is 0. The van der Waals surface area contributed by atoms with Crippen LogP contribution in [0.4, 0.5) is 0 Å². The third-order valence-electron chi connectivity index (χ3n) is 2.35. The van der Waals surface area contributed by atoms with Crippen LogP contribution in [0.25, 0.3) is 0 Å². The average molecular weight is 391 g/mol. The second kappa shape index (κ2) is 8.34. The van der Waals surface area contributed by atoms with Crippen molar-refractivity contribution in [2.45, 2.75) is 46.3 Å². The number of nitrogens with two attached hydrogens (primary N) is 1. The maximum Gasteiger partial charge on any atom is 0.189 e. The Balaban J connectivity index is 0.00000361. The van der Waals surface area contributed by atoms with Crippen LogP contribution in [0.1, 0.15) is 33.3 Å². The van der Waals surface area contributed by atoms with E-state index in [0.717, 1.165) is 5.75 Å². The van der Waals surface area contributed by atoms with Gasteiger partial charge in [0.05, 0.1) is 6.54 Å². The van der Waals surface area contributed by atoms with Gasteiger partial charge in [0.25, 0.3) is 0 Å². The fourth-order valence-corrected chi connectivity index (χ4v) is 1.61. The normalized spacial score (nSPS) is 13.3. The molecule has 1 atom stereocenters. The summed E-state index contributed by atoms with van der Waals surface area (Å²) in [5.74, 6) is 1.32. The molecule has 0 saturated carbocycles. The second-order valence-electron chi connectivity index (χ2n) is 5.85. The largest absolute Gasteiger partial charge is 0.489 e. The summed E-state index contributed by atoms with van der Waals surface area (Å²) in [6.45, 7) is 10.7. The fourth-order valence-electron chi connectivity index (χ4n) is 1.61. The van der Waals surface area contributed by atoms with E-state index in [1.165, 1.54) is 5.56 Å². The van der Waals surface area contributed by atoms with Crippen molar-refractivity contribution in [2.24, 2.45) is 10.7 Å². The fraction of sp³-hybridized carbons (Fsp3) is 0.533. The van der Waals surface area contributed by atoms with Crippen LogP contribution in [-0.2, 0) is 0 Å². The first-order valence-electron chi connectivity index (χ1n) is 6.58. The molecule has 1 aromatic rings. The molecule has 0 aromatic heterocycles. The van der Waals surface area contributed by atoms with Crippen LogP contribution in [0.5, 0.6) is 5.75 Å².